The lowest BCUT2D eigenvalue weighted by molar-refractivity contribution is -0.133. The number of nitrogens with zero attached hydrogens (tertiary/aromatic N) is 3. The maximum Gasteiger partial charge on any atom is 0.243 e. The van der Waals surface area contributed by atoms with Gasteiger partial charge in [-0.2, -0.15) is 4.31 Å². The summed E-state index contributed by atoms with van der Waals surface area (Å²) in [6, 6.07) is 10.6. The molecule has 3 rings (SSSR count). The molecule has 0 unspecified atom stereocenters. The Morgan fingerprint density at radius 3 is 2.16 bits per heavy atom. The van der Waals surface area contributed by atoms with Crippen molar-refractivity contribution in [2.75, 3.05) is 39.8 Å². The van der Waals surface area contributed by atoms with E-state index < -0.39 is 15.8 Å². The summed E-state index contributed by atoms with van der Waals surface area (Å²) < 4.78 is 53.4. The molecule has 0 saturated carbocycles. The van der Waals surface area contributed by atoms with Crippen molar-refractivity contribution in [1.82, 2.24) is 14.1 Å². The Hall–Kier alpha value is -2.36. The van der Waals surface area contributed by atoms with Crippen molar-refractivity contribution in [1.29, 1.82) is 0 Å². The van der Waals surface area contributed by atoms with Gasteiger partial charge >= 0.3 is 0 Å². The van der Waals surface area contributed by atoms with Crippen molar-refractivity contribution < 1.29 is 22.0 Å². The Balaban J connectivity index is 1.59. The quantitative estimate of drug-likeness (QED) is 0.678. The first-order valence-electron chi connectivity index (χ1n) is 10.2. The Labute approximate surface area is 182 Å². The minimum atomic E-state index is -3.71. The number of likely N-dealkylation sites (N-methyl/N-ethyl adjacent to an activating group) is 1. The molecule has 9 heteroatoms. The molecule has 1 atom stereocenters. The third kappa shape index (κ3) is 5.66. The van der Waals surface area contributed by atoms with Crippen LogP contribution in [0.4, 0.5) is 8.78 Å². The zero-order valence-electron chi connectivity index (χ0n) is 17.7. The molecule has 0 aromatic heterocycles. The molecule has 0 spiro atoms. The van der Waals surface area contributed by atoms with Crippen molar-refractivity contribution in [2.45, 2.75) is 24.3 Å². The van der Waals surface area contributed by atoms with Gasteiger partial charge in [0.1, 0.15) is 11.6 Å². The number of amides is 1. The second kappa shape index (κ2) is 9.84. The van der Waals surface area contributed by atoms with Gasteiger partial charge < -0.3 is 4.90 Å². The minimum absolute atomic E-state index is 0.0614. The van der Waals surface area contributed by atoms with Crippen LogP contribution in [0.25, 0.3) is 0 Å². The molecule has 6 nitrogen and oxygen atoms in total. The number of carbonyl (C=O) groups is 1. The van der Waals surface area contributed by atoms with E-state index in [1.807, 2.05) is 11.8 Å². The van der Waals surface area contributed by atoms with E-state index in [2.05, 4.69) is 0 Å². The van der Waals surface area contributed by atoms with Crippen LogP contribution in [-0.4, -0.2) is 68.2 Å². The Morgan fingerprint density at radius 1 is 0.968 bits per heavy atom. The Bertz CT molecular complexity index is 998. The van der Waals surface area contributed by atoms with Gasteiger partial charge in [0.2, 0.25) is 15.9 Å². The predicted molar refractivity (Wildman–Crippen MR) is 114 cm³/mol. The van der Waals surface area contributed by atoms with Gasteiger partial charge in [-0.1, -0.05) is 12.1 Å². The normalized spacial score (nSPS) is 17.2. The summed E-state index contributed by atoms with van der Waals surface area (Å²) in [7, 11) is -2.00. The number of benzene rings is 2. The summed E-state index contributed by atoms with van der Waals surface area (Å²) in [6.07, 6.45) is 0.588. The Kier molecular flexibility index (Phi) is 7.40. The maximum atomic E-state index is 13.1. The highest BCUT2D eigenvalue weighted by atomic mass is 32.2. The molecule has 2 aromatic carbocycles. The molecule has 0 aliphatic carbocycles. The van der Waals surface area contributed by atoms with E-state index >= 15 is 0 Å². The topological polar surface area (TPSA) is 60.9 Å². The van der Waals surface area contributed by atoms with E-state index in [1.54, 1.807) is 24.1 Å². The Morgan fingerprint density at radius 2 is 1.55 bits per heavy atom. The molecule has 0 bridgehead atoms. The van der Waals surface area contributed by atoms with Gasteiger partial charge in [0.25, 0.3) is 0 Å². The molecule has 1 amide bonds. The maximum absolute atomic E-state index is 13.1. The fourth-order valence-electron chi connectivity index (χ4n) is 3.59. The van der Waals surface area contributed by atoms with E-state index in [0.717, 1.165) is 17.7 Å². The molecule has 1 heterocycles. The first-order chi connectivity index (χ1) is 14.7. The highest BCUT2D eigenvalue weighted by Crippen LogP contribution is 2.21. The number of halogens is 2. The monoisotopic (exact) mass is 451 g/mol. The molecule has 1 aliphatic heterocycles. The fourth-order valence-corrected chi connectivity index (χ4v) is 5.05. The van der Waals surface area contributed by atoms with E-state index in [1.165, 1.54) is 28.6 Å². The van der Waals surface area contributed by atoms with E-state index in [4.69, 9.17) is 0 Å². The lowest BCUT2D eigenvalue weighted by atomic mass is 10.1. The van der Waals surface area contributed by atoms with Crippen LogP contribution in [0.3, 0.4) is 0 Å². The second-order valence-corrected chi connectivity index (χ2v) is 9.66. The van der Waals surface area contributed by atoms with Gasteiger partial charge in [-0.25, -0.2) is 17.2 Å². The molecule has 31 heavy (non-hydrogen) atoms. The lowest BCUT2D eigenvalue weighted by Gasteiger charge is -2.28. The lowest BCUT2D eigenvalue weighted by Crippen LogP contribution is -2.41. The van der Waals surface area contributed by atoms with Crippen LogP contribution in [-0.2, 0) is 14.8 Å². The largest absolute Gasteiger partial charge is 0.338 e. The molecule has 2 aromatic rings. The van der Waals surface area contributed by atoms with Gasteiger partial charge in [0.15, 0.2) is 0 Å². The number of hydrogen-bond acceptors (Lipinski definition) is 4. The van der Waals surface area contributed by atoms with Crippen LogP contribution in [0.5, 0.6) is 0 Å². The highest BCUT2D eigenvalue weighted by molar-refractivity contribution is 7.89. The molecule has 1 saturated heterocycles. The summed E-state index contributed by atoms with van der Waals surface area (Å²) in [5.74, 6) is -0.903. The summed E-state index contributed by atoms with van der Waals surface area (Å²) in [5.41, 5.74) is 0.838. The van der Waals surface area contributed by atoms with E-state index in [-0.39, 0.29) is 35.8 Å². The number of sulfonamides is 1. The average molecular weight is 452 g/mol. The van der Waals surface area contributed by atoms with Gasteiger partial charge in [-0.15, -0.1) is 0 Å². The van der Waals surface area contributed by atoms with Gasteiger partial charge in [0.05, 0.1) is 17.5 Å². The van der Waals surface area contributed by atoms with Crippen LogP contribution >= 0.6 is 0 Å². The van der Waals surface area contributed by atoms with Crippen LogP contribution in [0.2, 0.25) is 0 Å². The summed E-state index contributed by atoms with van der Waals surface area (Å²) in [5, 5.41) is 0. The van der Waals surface area contributed by atoms with Crippen LogP contribution in [0, 0.1) is 11.6 Å². The molecule has 0 N–H and O–H groups in total. The van der Waals surface area contributed by atoms with Crippen molar-refractivity contribution >= 4 is 15.9 Å². The van der Waals surface area contributed by atoms with E-state index in [0.29, 0.717) is 26.1 Å². The van der Waals surface area contributed by atoms with Gasteiger partial charge in [-0.05, 0) is 61.9 Å². The SMILES string of the molecule is C[C@H](c1ccc(F)cc1)N(C)C(=O)CN1CCCN(S(=O)(=O)c2ccc(F)cc2)CC1. The third-order valence-corrected chi connectivity index (χ3v) is 7.60. The van der Waals surface area contributed by atoms with Crippen LogP contribution in [0.15, 0.2) is 53.4 Å². The minimum Gasteiger partial charge on any atom is -0.338 e. The number of hydrogen-bond donors (Lipinski definition) is 0. The molecule has 1 aliphatic rings. The van der Waals surface area contributed by atoms with Crippen LogP contribution < -0.4 is 0 Å². The fraction of sp³-hybridized carbons (Fsp3) is 0.409. The molecule has 1 fully saturated rings. The van der Waals surface area contributed by atoms with Crippen molar-refractivity contribution in [3.63, 3.8) is 0 Å². The standard InChI is InChI=1S/C22H27F2N3O3S/c1-17(18-4-6-19(23)7-5-18)25(2)22(28)16-26-12-3-13-27(15-14-26)31(29,30)21-10-8-20(24)9-11-21/h4-11,17H,3,12-16H2,1-2H3/t17-/m1/s1. The van der Waals surface area contributed by atoms with Gasteiger partial charge in [0, 0.05) is 26.7 Å². The van der Waals surface area contributed by atoms with Crippen molar-refractivity contribution in [2.24, 2.45) is 0 Å². The molecular formula is C22H27F2N3O3S. The first-order valence-corrected chi connectivity index (χ1v) is 11.6. The second-order valence-electron chi connectivity index (χ2n) is 7.72. The van der Waals surface area contributed by atoms with E-state index in [9.17, 15) is 22.0 Å². The average Bonchev–Trinajstić information content (AvgIpc) is 2.99. The zero-order chi connectivity index (χ0) is 22.6. The predicted octanol–water partition coefficient (Wildman–Crippen LogP) is 2.88. The number of rotatable bonds is 6. The summed E-state index contributed by atoms with van der Waals surface area (Å²) in [6.45, 7) is 3.67. The van der Waals surface area contributed by atoms with Crippen LogP contribution in [0.1, 0.15) is 24.9 Å². The third-order valence-electron chi connectivity index (χ3n) is 5.68. The molecule has 0 radical (unpaired) electrons. The first kappa shape index (κ1) is 23.3. The van der Waals surface area contributed by atoms with Crippen molar-refractivity contribution in [3.8, 4) is 0 Å². The zero-order valence-corrected chi connectivity index (χ0v) is 18.5. The van der Waals surface area contributed by atoms with Crippen molar-refractivity contribution in [3.05, 3.63) is 65.7 Å². The number of carbonyl (C=O) groups excluding carboxylic acids is 1. The molecular weight excluding hydrogens is 424 g/mol. The smallest absolute Gasteiger partial charge is 0.243 e. The van der Waals surface area contributed by atoms with Gasteiger partial charge in [-0.3, -0.25) is 9.69 Å². The highest BCUT2D eigenvalue weighted by Gasteiger charge is 2.28. The summed E-state index contributed by atoms with van der Waals surface area (Å²) >= 11 is 0. The molecule has 168 valence electrons. The summed E-state index contributed by atoms with van der Waals surface area (Å²) in [4.78, 5) is 16.4.